The summed E-state index contributed by atoms with van der Waals surface area (Å²) >= 11 is 0. The van der Waals surface area contributed by atoms with E-state index in [9.17, 15) is 10.1 Å². The topological polar surface area (TPSA) is 80.4 Å². The lowest BCUT2D eigenvalue weighted by Gasteiger charge is -2.04. The van der Waals surface area contributed by atoms with Crippen molar-refractivity contribution in [1.82, 2.24) is 4.98 Å². The van der Waals surface area contributed by atoms with Crippen LogP contribution < -0.4 is 5.43 Å². The van der Waals surface area contributed by atoms with Crippen molar-refractivity contribution in [1.29, 1.82) is 0 Å². The SMILES string of the molecule is O=[N+]([O-])c1ccccc1C=NNc1ccnc2ccccc12. The van der Waals surface area contributed by atoms with Gasteiger partial charge in [0.15, 0.2) is 0 Å². The van der Waals surface area contributed by atoms with Crippen LogP contribution in [-0.2, 0) is 0 Å². The summed E-state index contributed by atoms with van der Waals surface area (Å²) in [7, 11) is 0. The quantitative estimate of drug-likeness (QED) is 0.452. The second-order valence-electron chi connectivity index (χ2n) is 4.56. The molecule has 0 aliphatic rings. The number of pyridine rings is 1. The van der Waals surface area contributed by atoms with Crippen LogP contribution in [0.1, 0.15) is 5.56 Å². The van der Waals surface area contributed by atoms with Gasteiger partial charge in [-0.1, -0.05) is 30.3 Å². The molecule has 0 atom stereocenters. The van der Waals surface area contributed by atoms with E-state index in [1.54, 1.807) is 30.5 Å². The van der Waals surface area contributed by atoms with E-state index in [0.717, 1.165) is 16.6 Å². The van der Waals surface area contributed by atoms with Gasteiger partial charge in [0, 0.05) is 17.6 Å². The van der Waals surface area contributed by atoms with Crippen molar-refractivity contribution in [3.8, 4) is 0 Å². The lowest BCUT2D eigenvalue weighted by Crippen LogP contribution is -1.96. The Morgan fingerprint density at radius 2 is 1.86 bits per heavy atom. The molecule has 3 rings (SSSR count). The highest BCUT2D eigenvalue weighted by molar-refractivity contribution is 5.92. The molecule has 0 spiro atoms. The van der Waals surface area contributed by atoms with E-state index in [-0.39, 0.29) is 5.69 Å². The molecule has 1 aromatic heterocycles. The maximum absolute atomic E-state index is 10.9. The molecule has 1 N–H and O–H groups in total. The molecule has 0 bridgehead atoms. The van der Waals surface area contributed by atoms with Crippen molar-refractivity contribution in [3.05, 3.63) is 76.5 Å². The Kier molecular flexibility index (Phi) is 3.74. The second-order valence-corrected chi connectivity index (χ2v) is 4.56. The third-order valence-corrected chi connectivity index (χ3v) is 3.17. The largest absolute Gasteiger partial charge is 0.278 e. The molecule has 22 heavy (non-hydrogen) atoms. The van der Waals surface area contributed by atoms with Gasteiger partial charge in [-0.15, -0.1) is 0 Å². The summed E-state index contributed by atoms with van der Waals surface area (Å²) in [6, 6.07) is 15.9. The highest BCUT2D eigenvalue weighted by Crippen LogP contribution is 2.21. The minimum Gasteiger partial charge on any atom is -0.278 e. The number of nitrogens with one attached hydrogen (secondary N) is 1. The summed E-state index contributed by atoms with van der Waals surface area (Å²) in [5.74, 6) is 0. The van der Waals surface area contributed by atoms with Gasteiger partial charge in [0.2, 0.25) is 0 Å². The Balaban J connectivity index is 1.87. The summed E-state index contributed by atoms with van der Waals surface area (Å²) in [4.78, 5) is 14.8. The molecule has 0 aliphatic heterocycles. The molecular weight excluding hydrogens is 280 g/mol. The fourth-order valence-corrected chi connectivity index (χ4v) is 2.13. The molecular formula is C16H12N4O2. The fourth-order valence-electron chi connectivity index (χ4n) is 2.13. The molecule has 0 amide bonds. The summed E-state index contributed by atoms with van der Waals surface area (Å²) in [6.45, 7) is 0. The molecule has 6 heteroatoms. The van der Waals surface area contributed by atoms with Crippen LogP contribution in [-0.4, -0.2) is 16.1 Å². The summed E-state index contributed by atoms with van der Waals surface area (Å²) < 4.78 is 0. The highest BCUT2D eigenvalue weighted by Gasteiger charge is 2.09. The number of nitro benzene ring substituents is 1. The number of hydrogen-bond acceptors (Lipinski definition) is 5. The zero-order chi connectivity index (χ0) is 15.4. The molecule has 0 fully saturated rings. The van der Waals surface area contributed by atoms with Crippen LogP contribution in [0.3, 0.4) is 0 Å². The minimum atomic E-state index is -0.427. The van der Waals surface area contributed by atoms with E-state index in [1.807, 2.05) is 24.3 Å². The van der Waals surface area contributed by atoms with Crippen molar-refractivity contribution >= 4 is 28.5 Å². The van der Waals surface area contributed by atoms with Gasteiger partial charge >= 0.3 is 0 Å². The molecule has 2 aromatic carbocycles. The predicted octanol–water partition coefficient (Wildman–Crippen LogP) is 3.59. The lowest BCUT2D eigenvalue weighted by molar-refractivity contribution is -0.385. The van der Waals surface area contributed by atoms with Gasteiger partial charge in [-0.3, -0.25) is 20.5 Å². The first-order chi connectivity index (χ1) is 10.8. The van der Waals surface area contributed by atoms with Gasteiger partial charge < -0.3 is 0 Å². The second kappa shape index (κ2) is 6.01. The minimum absolute atomic E-state index is 0.0210. The highest BCUT2D eigenvalue weighted by atomic mass is 16.6. The smallest absolute Gasteiger partial charge is 0.278 e. The summed E-state index contributed by atoms with van der Waals surface area (Å²) in [5, 5.41) is 16.0. The zero-order valence-corrected chi connectivity index (χ0v) is 11.5. The Morgan fingerprint density at radius 1 is 1.09 bits per heavy atom. The first-order valence-corrected chi connectivity index (χ1v) is 6.62. The maximum atomic E-state index is 10.9. The number of fused-ring (bicyclic) bond motifs is 1. The summed E-state index contributed by atoms with van der Waals surface area (Å²) in [5.41, 5.74) is 5.02. The molecule has 0 radical (unpaired) electrons. The molecule has 0 saturated carbocycles. The maximum Gasteiger partial charge on any atom is 0.278 e. The van der Waals surface area contributed by atoms with Crippen molar-refractivity contribution in [2.75, 3.05) is 5.43 Å². The van der Waals surface area contributed by atoms with Crippen LogP contribution in [0.15, 0.2) is 65.9 Å². The molecule has 0 saturated heterocycles. The number of anilines is 1. The number of hydrazone groups is 1. The number of nitro groups is 1. The van der Waals surface area contributed by atoms with Gasteiger partial charge in [0.05, 0.1) is 27.9 Å². The number of hydrogen-bond donors (Lipinski definition) is 1. The van der Waals surface area contributed by atoms with Gasteiger partial charge in [0.1, 0.15) is 0 Å². The Bertz CT molecular complexity index is 856. The van der Waals surface area contributed by atoms with Crippen LogP contribution >= 0.6 is 0 Å². The standard InChI is InChI=1S/C16H12N4O2/c21-20(22)16-8-4-1-5-12(16)11-18-19-15-9-10-17-14-7-3-2-6-13(14)15/h1-11H,(H,17,19). The Hall–Kier alpha value is -3.28. The number of rotatable bonds is 4. The third kappa shape index (κ3) is 2.76. The molecule has 0 unspecified atom stereocenters. The lowest BCUT2D eigenvalue weighted by atomic mass is 10.2. The van der Waals surface area contributed by atoms with Crippen molar-refractivity contribution in [2.45, 2.75) is 0 Å². The van der Waals surface area contributed by atoms with Gasteiger partial charge in [-0.05, 0) is 18.2 Å². The first-order valence-electron chi connectivity index (χ1n) is 6.62. The van der Waals surface area contributed by atoms with Crippen LogP contribution in [0.5, 0.6) is 0 Å². The van der Waals surface area contributed by atoms with E-state index in [1.165, 1.54) is 12.3 Å². The zero-order valence-electron chi connectivity index (χ0n) is 11.5. The number of aromatic nitrogens is 1. The van der Waals surface area contributed by atoms with Gasteiger partial charge in [-0.25, -0.2) is 0 Å². The van der Waals surface area contributed by atoms with Gasteiger partial charge in [0.25, 0.3) is 5.69 Å². The van der Waals surface area contributed by atoms with Crippen molar-refractivity contribution in [3.63, 3.8) is 0 Å². The van der Waals surface area contributed by atoms with Crippen LogP contribution in [0, 0.1) is 10.1 Å². The van der Waals surface area contributed by atoms with E-state index in [2.05, 4.69) is 15.5 Å². The predicted molar refractivity (Wildman–Crippen MR) is 86.1 cm³/mol. The molecule has 108 valence electrons. The number of para-hydroxylation sites is 2. The molecule has 0 aliphatic carbocycles. The van der Waals surface area contributed by atoms with Crippen LogP contribution in [0.4, 0.5) is 11.4 Å². The van der Waals surface area contributed by atoms with E-state index < -0.39 is 4.92 Å². The van der Waals surface area contributed by atoms with E-state index in [4.69, 9.17) is 0 Å². The van der Waals surface area contributed by atoms with E-state index >= 15 is 0 Å². The molecule has 6 nitrogen and oxygen atoms in total. The van der Waals surface area contributed by atoms with Crippen molar-refractivity contribution in [2.24, 2.45) is 5.10 Å². The summed E-state index contributed by atoms with van der Waals surface area (Å²) in [6.07, 6.45) is 3.12. The fraction of sp³-hybridized carbons (Fsp3) is 0. The monoisotopic (exact) mass is 292 g/mol. The average molecular weight is 292 g/mol. The third-order valence-electron chi connectivity index (χ3n) is 3.17. The first kappa shape index (κ1) is 13.7. The Labute approximate surface area is 126 Å². The molecule has 3 aromatic rings. The Morgan fingerprint density at radius 3 is 2.73 bits per heavy atom. The average Bonchev–Trinajstić information content (AvgIpc) is 2.55. The number of benzene rings is 2. The van der Waals surface area contributed by atoms with Crippen molar-refractivity contribution < 1.29 is 4.92 Å². The molecule has 1 heterocycles. The van der Waals surface area contributed by atoms with E-state index in [0.29, 0.717) is 5.56 Å². The normalized spacial score (nSPS) is 10.9. The van der Waals surface area contributed by atoms with Crippen LogP contribution in [0.25, 0.3) is 10.9 Å². The number of nitrogens with zero attached hydrogens (tertiary/aromatic N) is 3. The van der Waals surface area contributed by atoms with Crippen LogP contribution in [0.2, 0.25) is 0 Å². The van der Waals surface area contributed by atoms with Gasteiger partial charge in [-0.2, -0.15) is 5.10 Å².